The van der Waals surface area contributed by atoms with Crippen molar-refractivity contribution in [2.45, 2.75) is 71.6 Å². The summed E-state index contributed by atoms with van der Waals surface area (Å²) in [6.07, 6.45) is 12.4. The SMILES string of the molecule is CCCCCCCC[N+](C)(CCCl)CCCCC.[Cl-]. The molecule has 0 N–H and O–H groups in total. The Kier molecular flexibility index (Phi) is 17.2. The molecule has 0 aliphatic rings. The molecule has 0 aromatic rings. The molecule has 1 nitrogen and oxygen atoms in total. The van der Waals surface area contributed by atoms with Crippen LogP contribution < -0.4 is 12.4 Å². The van der Waals surface area contributed by atoms with E-state index in [0.29, 0.717) is 0 Å². The van der Waals surface area contributed by atoms with Crippen LogP contribution in [0.15, 0.2) is 0 Å². The fourth-order valence-corrected chi connectivity index (χ4v) is 2.96. The number of quaternary nitrogens is 1. The molecule has 0 saturated carbocycles. The van der Waals surface area contributed by atoms with Crippen LogP contribution in [0.4, 0.5) is 0 Å². The van der Waals surface area contributed by atoms with E-state index in [0.717, 1.165) is 12.4 Å². The monoisotopic (exact) mass is 311 g/mol. The largest absolute Gasteiger partial charge is 1.00 e. The smallest absolute Gasteiger partial charge is 0.0922 e. The van der Waals surface area contributed by atoms with Crippen LogP contribution in [0.3, 0.4) is 0 Å². The summed E-state index contributed by atoms with van der Waals surface area (Å²) < 4.78 is 1.19. The molecule has 118 valence electrons. The fourth-order valence-electron chi connectivity index (χ4n) is 2.56. The molecule has 1 unspecified atom stereocenters. The number of nitrogens with zero attached hydrogens (tertiary/aromatic N) is 1. The van der Waals surface area contributed by atoms with Gasteiger partial charge in [0.25, 0.3) is 0 Å². The third kappa shape index (κ3) is 13.3. The molecule has 0 aliphatic heterocycles. The number of hydrogen-bond acceptors (Lipinski definition) is 0. The standard InChI is InChI=1S/C16H35ClN.ClH/c1-4-6-8-9-10-12-15-18(3,16-13-17)14-11-7-5-2;/h4-16H2,1-3H3;1H/q+1;/p-1. The average molecular weight is 312 g/mol. The summed E-state index contributed by atoms with van der Waals surface area (Å²) in [7, 11) is 2.39. The van der Waals surface area contributed by atoms with E-state index in [1.165, 1.54) is 75.4 Å². The lowest BCUT2D eigenvalue weighted by molar-refractivity contribution is -0.907. The minimum atomic E-state index is 0. The van der Waals surface area contributed by atoms with Gasteiger partial charge in [-0.1, -0.05) is 46.0 Å². The number of rotatable bonds is 13. The predicted octanol–water partition coefficient (Wildman–Crippen LogP) is 2.23. The summed E-state index contributed by atoms with van der Waals surface area (Å²) in [5.41, 5.74) is 0. The zero-order chi connectivity index (χ0) is 13.7. The van der Waals surface area contributed by atoms with Gasteiger partial charge < -0.3 is 16.9 Å². The Morgan fingerprint density at radius 3 is 1.63 bits per heavy atom. The minimum Gasteiger partial charge on any atom is -1.00 e. The molecule has 0 radical (unpaired) electrons. The molecule has 0 fully saturated rings. The van der Waals surface area contributed by atoms with Crippen LogP contribution in [0.5, 0.6) is 0 Å². The molecule has 19 heavy (non-hydrogen) atoms. The molecule has 0 aromatic carbocycles. The van der Waals surface area contributed by atoms with E-state index < -0.39 is 0 Å². The first-order valence-electron chi connectivity index (χ1n) is 8.08. The predicted molar refractivity (Wildman–Crippen MR) is 84.4 cm³/mol. The second kappa shape index (κ2) is 14.9. The van der Waals surface area contributed by atoms with Gasteiger partial charge in [-0.25, -0.2) is 0 Å². The van der Waals surface area contributed by atoms with Gasteiger partial charge in [-0.3, -0.25) is 0 Å². The lowest BCUT2D eigenvalue weighted by Crippen LogP contribution is -3.00. The van der Waals surface area contributed by atoms with E-state index in [2.05, 4.69) is 20.9 Å². The van der Waals surface area contributed by atoms with E-state index in [-0.39, 0.29) is 12.4 Å². The molecular formula is C16H35Cl2N. The summed E-state index contributed by atoms with van der Waals surface area (Å²) in [6, 6.07) is 0. The van der Waals surface area contributed by atoms with Crippen LogP contribution in [0, 0.1) is 0 Å². The first-order valence-corrected chi connectivity index (χ1v) is 8.61. The Labute approximate surface area is 133 Å². The van der Waals surface area contributed by atoms with Gasteiger partial charge in [-0.15, -0.1) is 11.6 Å². The van der Waals surface area contributed by atoms with Gasteiger partial charge in [0, 0.05) is 0 Å². The van der Waals surface area contributed by atoms with Crippen molar-refractivity contribution in [3.63, 3.8) is 0 Å². The van der Waals surface area contributed by atoms with Gasteiger partial charge in [0.05, 0.1) is 32.6 Å². The molecular weight excluding hydrogens is 277 g/mol. The van der Waals surface area contributed by atoms with Gasteiger partial charge in [0.1, 0.15) is 0 Å². The van der Waals surface area contributed by atoms with Crippen molar-refractivity contribution in [1.82, 2.24) is 0 Å². The summed E-state index contributed by atoms with van der Waals surface area (Å²) in [5, 5.41) is 0. The molecule has 0 rings (SSSR count). The third-order valence-corrected chi connectivity index (χ3v) is 4.15. The molecule has 0 saturated heterocycles. The van der Waals surface area contributed by atoms with Gasteiger partial charge in [0.2, 0.25) is 0 Å². The van der Waals surface area contributed by atoms with E-state index in [9.17, 15) is 0 Å². The quantitative estimate of drug-likeness (QED) is 0.278. The van der Waals surface area contributed by atoms with Gasteiger partial charge in [-0.2, -0.15) is 0 Å². The highest BCUT2D eigenvalue weighted by molar-refractivity contribution is 6.17. The van der Waals surface area contributed by atoms with Crippen LogP contribution in [0.1, 0.15) is 71.6 Å². The van der Waals surface area contributed by atoms with Crippen molar-refractivity contribution in [3.8, 4) is 0 Å². The van der Waals surface area contributed by atoms with Crippen LogP contribution in [-0.4, -0.2) is 37.0 Å². The van der Waals surface area contributed by atoms with E-state index in [4.69, 9.17) is 11.6 Å². The second-order valence-electron chi connectivity index (χ2n) is 5.95. The van der Waals surface area contributed by atoms with E-state index in [1.54, 1.807) is 0 Å². The summed E-state index contributed by atoms with van der Waals surface area (Å²) in [5.74, 6) is 0.804. The first kappa shape index (κ1) is 21.8. The van der Waals surface area contributed by atoms with Gasteiger partial charge in [-0.05, 0) is 25.7 Å². The maximum absolute atomic E-state index is 5.96. The average Bonchev–Trinajstić information content (AvgIpc) is 2.34. The number of hydrogen-bond donors (Lipinski definition) is 0. The summed E-state index contributed by atoms with van der Waals surface area (Å²) >= 11 is 5.96. The minimum absolute atomic E-state index is 0. The molecule has 0 aliphatic carbocycles. The number of alkyl halides is 1. The highest BCUT2D eigenvalue weighted by atomic mass is 35.5. The fraction of sp³-hybridized carbons (Fsp3) is 1.00. The highest BCUT2D eigenvalue weighted by Crippen LogP contribution is 2.12. The van der Waals surface area contributed by atoms with Crippen molar-refractivity contribution in [3.05, 3.63) is 0 Å². The van der Waals surface area contributed by atoms with Gasteiger partial charge in [0.15, 0.2) is 0 Å². The Bertz CT molecular complexity index is 176. The highest BCUT2D eigenvalue weighted by Gasteiger charge is 2.19. The van der Waals surface area contributed by atoms with Crippen molar-refractivity contribution in [2.75, 3.05) is 32.6 Å². The summed E-state index contributed by atoms with van der Waals surface area (Å²) in [6.45, 7) is 8.33. The van der Waals surface area contributed by atoms with E-state index in [1.807, 2.05) is 0 Å². The molecule has 0 aromatic heterocycles. The lowest BCUT2D eigenvalue weighted by atomic mass is 10.1. The van der Waals surface area contributed by atoms with Crippen molar-refractivity contribution >= 4 is 11.6 Å². The van der Waals surface area contributed by atoms with Crippen molar-refractivity contribution in [2.24, 2.45) is 0 Å². The number of unbranched alkanes of at least 4 members (excludes halogenated alkanes) is 7. The normalized spacial score (nSPS) is 13.9. The zero-order valence-electron chi connectivity index (χ0n) is 13.4. The third-order valence-electron chi connectivity index (χ3n) is 3.98. The molecule has 0 heterocycles. The van der Waals surface area contributed by atoms with Crippen LogP contribution in [-0.2, 0) is 0 Å². The molecule has 0 amide bonds. The van der Waals surface area contributed by atoms with Crippen molar-refractivity contribution in [1.29, 1.82) is 0 Å². The maximum Gasteiger partial charge on any atom is 0.0922 e. The Morgan fingerprint density at radius 1 is 0.684 bits per heavy atom. The lowest BCUT2D eigenvalue weighted by Gasteiger charge is -2.34. The topological polar surface area (TPSA) is 0 Å². The Hall–Kier alpha value is 0.540. The zero-order valence-corrected chi connectivity index (χ0v) is 14.9. The van der Waals surface area contributed by atoms with Crippen LogP contribution in [0.25, 0.3) is 0 Å². The van der Waals surface area contributed by atoms with Gasteiger partial charge >= 0.3 is 0 Å². The Balaban J connectivity index is 0. The van der Waals surface area contributed by atoms with Crippen LogP contribution >= 0.6 is 11.6 Å². The van der Waals surface area contributed by atoms with Crippen LogP contribution in [0.2, 0.25) is 0 Å². The molecule has 3 heteroatoms. The molecule has 0 bridgehead atoms. The molecule has 0 spiro atoms. The number of halogens is 2. The summed E-state index contributed by atoms with van der Waals surface area (Å²) in [4.78, 5) is 0. The molecule has 1 atom stereocenters. The second-order valence-corrected chi connectivity index (χ2v) is 6.33. The maximum atomic E-state index is 5.96. The first-order chi connectivity index (χ1) is 8.68. The van der Waals surface area contributed by atoms with E-state index >= 15 is 0 Å². The van der Waals surface area contributed by atoms with Crippen molar-refractivity contribution < 1.29 is 16.9 Å². The Morgan fingerprint density at radius 2 is 1.11 bits per heavy atom.